The number of carbonyl (C=O) groups is 1. The number of likely N-dealkylation sites (tertiary alicyclic amines) is 1. The monoisotopic (exact) mass is 405 g/mol. The van der Waals surface area contributed by atoms with Crippen molar-refractivity contribution >= 4 is 11.6 Å². The number of aryl methyl sites for hydroxylation is 3. The summed E-state index contributed by atoms with van der Waals surface area (Å²) in [7, 11) is 2.18. The number of amides is 1. The normalized spacial score (nSPS) is 18.0. The van der Waals surface area contributed by atoms with Gasteiger partial charge in [-0.2, -0.15) is 0 Å². The Morgan fingerprint density at radius 3 is 2.43 bits per heavy atom. The molecule has 1 saturated heterocycles. The molecule has 0 aromatic heterocycles. The number of nitrogens with zero attached hydrogens (tertiary/aromatic N) is 2. The van der Waals surface area contributed by atoms with Gasteiger partial charge in [0.05, 0.1) is 6.04 Å². The Hall–Kier alpha value is -2.33. The van der Waals surface area contributed by atoms with Crippen molar-refractivity contribution in [3.63, 3.8) is 0 Å². The van der Waals surface area contributed by atoms with Gasteiger partial charge in [-0.1, -0.05) is 35.7 Å². The highest BCUT2D eigenvalue weighted by Gasteiger charge is 2.25. The van der Waals surface area contributed by atoms with E-state index in [4.69, 9.17) is 0 Å². The van der Waals surface area contributed by atoms with E-state index in [2.05, 4.69) is 46.4 Å². The quantitative estimate of drug-likeness (QED) is 0.787. The van der Waals surface area contributed by atoms with Gasteiger partial charge >= 0.3 is 0 Å². The molecule has 2 aliphatic rings. The summed E-state index contributed by atoms with van der Waals surface area (Å²) in [6.07, 6.45) is 6.16. The van der Waals surface area contributed by atoms with Crippen LogP contribution in [0.15, 0.2) is 36.4 Å². The summed E-state index contributed by atoms with van der Waals surface area (Å²) in [5.74, 6) is 0.0292. The number of anilines is 1. The highest BCUT2D eigenvalue weighted by molar-refractivity contribution is 5.94. The summed E-state index contributed by atoms with van der Waals surface area (Å²) >= 11 is 0. The largest absolute Gasteiger partial charge is 0.374 e. The molecule has 2 aromatic carbocycles. The zero-order valence-corrected chi connectivity index (χ0v) is 18.7. The van der Waals surface area contributed by atoms with E-state index < -0.39 is 0 Å². The molecule has 0 saturated carbocycles. The van der Waals surface area contributed by atoms with Gasteiger partial charge in [-0.15, -0.1) is 0 Å². The Morgan fingerprint density at radius 2 is 1.70 bits per heavy atom. The molecule has 0 radical (unpaired) electrons. The van der Waals surface area contributed by atoms with Crippen molar-refractivity contribution in [2.24, 2.45) is 0 Å². The van der Waals surface area contributed by atoms with E-state index in [1.807, 2.05) is 26.0 Å². The molecule has 30 heavy (non-hydrogen) atoms. The third-order valence-corrected chi connectivity index (χ3v) is 6.61. The number of rotatable bonds is 5. The molecule has 1 amide bonds. The topological polar surface area (TPSA) is 35.6 Å². The van der Waals surface area contributed by atoms with Crippen LogP contribution in [-0.2, 0) is 6.42 Å². The molecule has 2 aromatic rings. The van der Waals surface area contributed by atoms with Crippen molar-refractivity contribution in [3.8, 4) is 0 Å². The molecule has 1 atom stereocenters. The highest BCUT2D eigenvalue weighted by Crippen LogP contribution is 2.31. The van der Waals surface area contributed by atoms with Crippen LogP contribution in [0.3, 0.4) is 0 Å². The van der Waals surface area contributed by atoms with Crippen molar-refractivity contribution in [1.82, 2.24) is 10.2 Å². The molecule has 0 spiro atoms. The number of hydrogen-bond donors (Lipinski definition) is 1. The second-order valence-electron chi connectivity index (χ2n) is 9.11. The fourth-order valence-corrected chi connectivity index (χ4v) is 5.10. The predicted octanol–water partition coefficient (Wildman–Crippen LogP) is 4.64. The Morgan fingerprint density at radius 1 is 0.967 bits per heavy atom. The van der Waals surface area contributed by atoms with Crippen molar-refractivity contribution in [2.75, 3.05) is 38.1 Å². The van der Waals surface area contributed by atoms with Crippen molar-refractivity contribution in [1.29, 1.82) is 0 Å². The van der Waals surface area contributed by atoms with Gasteiger partial charge in [0.1, 0.15) is 0 Å². The zero-order valence-electron chi connectivity index (χ0n) is 18.7. The molecule has 4 nitrogen and oxygen atoms in total. The minimum Gasteiger partial charge on any atom is -0.374 e. The van der Waals surface area contributed by atoms with Gasteiger partial charge in [0.15, 0.2) is 0 Å². The van der Waals surface area contributed by atoms with Gasteiger partial charge in [-0.3, -0.25) is 9.69 Å². The lowest BCUT2D eigenvalue weighted by molar-refractivity contribution is 0.0924. The lowest BCUT2D eigenvalue weighted by Gasteiger charge is -2.36. The molecule has 1 N–H and O–H groups in total. The smallest absolute Gasteiger partial charge is 0.251 e. The van der Waals surface area contributed by atoms with Gasteiger partial charge < -0.3 is 10.2 Å². The van der Waals surface area contributed by atoms with E-state index in [9.17, 15) is 4.79 Å². The molecule has 2 heterocycles. The Bertz CT molecular complexity index is 881. The number of nitrogens with one attached hydrogen (secondary N) is 1. The fourth-order valence-electron chi connectivity index (χ4n) is 5.10. The molecular weight excluding hydrogens is 370 g/mol. The maximum absolute atomic E-state index is 12.9. The molecule has 1 fully saturated rings. The first-order valence-corrected chi connectivity index (χ1v) is 11.5. The minimum absolute atomic E-state index is 0.0292. The van der Waals surface area contributed by atoms with Crippen LogP contribution >= 0.6 is 0 Å². The van der Waals surface area contributed by atoms with Gasteiger partial charge in [0.2, 0.25) is 0 Å². The third kappa shape index (κ3) is 4.70. The fraction of sp³-hybridized carbons (Fsp3) is 0.500. The van der Waals surface area contributed by atoms with E-state index in [0.29, 0.717) is 6.54 Å². The van der Waals surface area contributed by atoms with Crippen molar-refractivity contribution in [3.05, 3.63) is 64.2 Å². The standard InChI is InChI=1S/C26H35N3O/c1-19-14-20(2)16-23(15-19)26(30)27-18-25(29-12-5-4-6-13-29)22-9-10-24-21(17-22)8-7-11-28(24)3/h9-10,14-17,25H,4-8,11-13,18H2,1-3H3,(H,27,30)/t25-/m0/s1. The zero-order chi connectivity index (χ0) is 21.1. The Balaban J connectivity index is 1.55. The van der Waals surface area contributed by atoms with Gasteiger partial charge in [0, 0.05) is 31.4 Å². The first-order valence-electron chi connectivity index (χ1n) is 11.5. The van der Waals surface area contributed by atoms with E-state index in [1.54, 1.807) is 0 Å². The van der Waals surface area contributed by atoms with Crippen LogP contribution in [0.1, 0.15) is 64.3 Å². The number of hydrogen-bond acceptors (Lipinski definition) is 3. The van der Waals surface area contributed by atoms with Crippen LogP contribution in [0.2, 0.25) is 0 Å². The summed E-state index contributed by atoms with van der Waals surface area (Å²) in [6, 6.07) is 13.3. The van der Waals surface area contributed by atoms with Crippen LogP contribution in [0.5, 0.6) is 0 Å². The SMILES string of the molecule is Cc1cc(C)cc(C(=O)NC[C@@H](c2ccc3c(c2)CCCN3C)N2CCCCC2)c1. The number of piperidine rings is 1. The molecule has 2 aliphatic heterocycles. The molecule has 4 rings (SSSR count). The second kappa shape index (κ2) is 9.22. The summed E-state index contributed by atoms with van der Waals surface area (Å²) in [6.45, 7) is 8.10. The lowest BCUT2D eigenvalue weighted by Crippen LogP contribution is -2.40. The van der Waals surface area contributed by atoms with Gasteiger partial charge in [-0.05, 0) is 81.9 Å². The number of fused-ring (bicyclic) bond motifs is 1. The van der Waals surface area contributed by atoms with Crippen molar-refractivity contribution in [2.45, 2.75) is 52.0 Å². The van der Waals surface area contributed by atoms with E-state index in [1.165, 1.54) is 42.5 Å². The Labute approximate surface area is 181 Å². The summed E-state index contributed by atoms with van der Waals surface area (Å²) in [5.41, 5.74) is 7.17. The number of carbonyl (C=O) groups excluding carboxylic acids is 1. The van der Waals surface area contributed by atoms with Gasteiger partial charge in [0.25, 0.3) is 5.91 Å². The molecule has 0 aliphatic carbocycles. The lowest BCUT2D eigenvalue weighted by atomic mass is 9.95. The summed E-state index contributed by atoms with van der Waals surface area (Å²) in [5, 5.41) is 3.25. The molecule has 0 bridgehead atoms. The minimum atomic E-state index is 0.0292. The van der Waals surface area contributed by atoms with Gasteiger partial charge in [-0.25, -0.2) is 0 Å². The van der Waals surface area contributed by atoms with Crippen LogP contribution in [-0.4, -0.2) is 44.0 Å². The number of benzene rings is 2. The average molecular weight is 406 g/mol. The molecular formula is C26H35N3O. The predicted molar refractivity (Wildman–Crippen MR) is 124 cm³/mol. The first kappa shape index (κ1) is 20.9. The summed E-state index contributed by atoms with van der Waals surface area (Å²) in [4.78, 5) is 17.8. The Kier molecular flexibility index (Phi) is 6.43. The van der Waals surface area contributed by atoms with Crippen LogP contribution in [0, 0.1) is 13.8 Å². The maximum atomic E-state index is 12.9. The van der Waals surface area contributed by atoms with E-state index in [-0.39, 0.29) is 11.9 Å². The van der Waals surface area contributed by atoms with E-state index in [0.717, 1.165) is 42.7 Å². The average Bonchev–Trinajstić information content (AvgIpc) is 2.74. The third-order valence-electron chi connectivity index (χ3n) is 6.61. The van der Waals surface area contributed by atoms with Crippen LogP contribution in [0.25, 0.3) is 0 Å². The first-order chi connectivity index (χ1) is 14.5. The maximum Gasteiger partial charge on any atom is 0.251 e. The van der Waals surface area contributed by atoms with Crippen molar-refractivity contribution < 1.29 is 4.79 Å². The molecule has 4 heteroatoms. The molecule has 160 valence electrons. The summed E-state index contributed by atoms with van der Waals surface area (Å²) < 4.78 is 0. The van der Waals surface area contributed by atoms with E-state index >= 15 is 0 Å². The van der Waals surface area contributed by atoms with Crippen LogP contribution in [0.4, 0.5) is 5.69 Å². The molecule has 0 unspecified atom stereocenters. The van der Waals surface area contributed by atoms with Crippen LogP contribution < -0.4 is 10.2 Å². The second-order valence-corrected chi connectivity index (χ2v) is 9.11. The highest BCUT2D eigenvalue weighted by atomic mass is 16.1.